The van der Waals surface area contributed by atoms with Crippen molar-refractivity contribution in [3.63, 3.8) is 0 Å². The average molecular weight is 370 g/mol. The molecule has 24 heavy (non-hydrogen) atoms. The quantitative estimate of drug-likeness (QED) is 0.257. The number of nitrogens with two attached hydrogens (primary N) is 1. The van der Waals surface area contributed by atoms with E-state index >= 15 is 0 Å². The largest absolute Gasteiger partial charge is 1.00 e. The van der Waals surface area contributed by atoms with Gasteiger partial charge in [0.25, 0.3) is 0 Å². The van der Waals surface area contributed by atoms with Gasteiger partial charge in [0.05, 0.1) is 12.9 Å². The van der Waals surface area contributed by atoms with Gasteiger partial charge in [0.2, 0.25) is 0 Å². The van der Waals surface area contributed by atoms with E-state index in [1.54, 1.807) is 0 Å². The Hall–Kier alpha value is -0.660. The molecule has 14 heteroatoms. The van der Waals surface area contributed by atoms with Gasteiger partial charge in [0.1, 0.15) is 30.2 Å². The number of imidazole rings is 1. The van der Waals surface area contributed by atoms with Crippen LogP contribution in [0.3, 0.4) is 0 Å². The number of nitrogens with zero attached hydrogens (tertiary/aromatic N) is 4. The Morgan fingerprint density at radius 3 is 2.67 bits per heavy atom. The van der Waals surface area contributed by atoms with Crippen LogP contribution in [0.5, 0.6) is 0 Å². The van der Waals surface area contributed by atoms with E-state index in [2.05, 4.69) is 19.5 Å². The summed E-state index contributed by atoms with van der Waals surface area (Å²) in [5, 5.41) is 20.1. The van der Waals surface area contributed by atoms with Crippen molar-refractivity contribution < 1.29 is 63.4 Å². The first-order valence-corrected chi connectivity index (χ1v) is 7.95. The molecule has 2 aromatic rings. The molecule has 1 aliphatic heterocycles. The molecule has 0 aromatic carbocycles. The van der Waals surface area contributed by atoms with Crippen LogP contribution < -0.4 is 35.3 Å². The fourth-order valence-corrected chi connectivity index (χ4v) is 2.66. The van der Waals surface area contributed by atoms with Crippen molar-refractivity contribution in [2.24, 2.45) is 0 Å². The molecule has 126 valence electrons. The first kappa shape index (κ1) is 19.7. The number of phosphoric acid groups is 1. The molecule has 0 spiro atoms. The van der Waals surface area contributed by atoms with Crippen molar-refractivity contribution in [1.29, 1.82) is 0 Å². The third-order valence-corrected chi connectivity index (χ3v) is 3.89. The normalized spacial score (nSPS) is 27.3. The van der Waals surface area contributed by atoms with Gasteiger partial charge in [0.15, 0.2) is 17.7 Å². The van der Waals surface area contributed by atoms with Crippen LogP contribution in [0.4, 0.5) is 5.82 Å². The Labute approximate surface area is 157 Å². The minimum Gasteiger partial charge on any atom is -0.387 e. The molecule has 1 saturated heterocycles. The van der Waals surface area contributed by atoms with Crippen LogP contribution in [0.15, 0.2) is 12.7 Å². The first-order valence-electron chi connectivity index (χ1n) is 6.42. The molecular weight excluding hydrogens is 356 g/mol. The van der Waals surface area contributed by atoms with Crippen molar-refractivity contribution in [1.82, 2.24) is 19.5 Å². The third kappa shape index (κ3) is 3.78. The first-order chi connectivity index (χ1) is 10.8. The molecule has 0 amide bonds. The van der Waals surface area contributed by atoms with E-state index in [0.29, 0.717) is 5.52 Å². The molecule has 0 bridgehead atoms. The van der Waals surface area contributed by atoms with Gasteiger partial charge in [-0.1, -0.05) is 0 Å². The van der Waals surface area contributed by atoms with E-state index in [0.717, 1.165) is 0 Å². The summed E-state index contributed by atoms with van der Waals surface area (Å²) in [5.74, 6) is 0.142. The van der Waals surface area contributed by atoms with Crippen LogP contribution in [0.25, 0.3) is 11.2 Å². The Kier molecular flexibility index (Phi) is 5.98. The number of phosphoric ester groups is 1. The maximum absolute atomic E-state index is 10.7. The molecule has 0 unspecified atom stereocenters. The number of hydrogen-bond donors (Lipinski definition) is 5. The van der Waals surface area contributed by atoms with E-state index in [4.69, 9.17) is 20.3 Å². The van der Waals surface area contributed by atoms with Gasteiger partial charge in [-0.3, -0.25) is 9.09 Å². The monoisotopic (exact) mass is 370 g/mol. The van der Waals surface area contributed by atoms with E-state index < -0.39 is 39.0 Å². The summed E-state index contributed by atoms with van der Waals surface area (Å²) in [5.41, 5.74) is 6.25. The second kappa shape index (κ2) is 7.30. The topological polar surface area (TPSA) is 186 Å². The van der Waals surface area contributed by atoms with Crippen molar-refractivity contribution in [2.45, 2.75) is 24.5 Å². The number of ether oxygens (including phenoxy) is 1. The van der Waals surface area contributed by atoms with Crippen LogP contribution in [-0.2, 0) is 13.8 Å². The molecule has 1 fully saturated rings. The SMILES string of the molecule is Nc1ncnc2c1ncn2[C@@H]1O[C@H](COP(=O)(O)O)[C@@H](O)[C@H]1O.[Na+]. The summed E-state index contributed by atoms with van der Waals surface area (Å²) in [6.07, 6.45) is -2.49. The average Bonchev–Trinajstić information content (AvgIpc) is 3.01. The zero-order valence-electron chi connectivity index (χ0n) is 12.5. The molecule has 0 saturated carbocycles. The summed E-state index contributed by atoms with van der Waals surface area (Å²) < 4.78 is 21.8. The summed E-state index contributed by atoms with van der Waals surface area (Å²) in [6.45, 7) is -0.594. The number of aliphatic hydroxyl groups is 2. The zero-order chi connectivity index (χ0) is 16.8. The van der Waals surface area contributed by atoms with Crippen LogP contribution in [-0.4, -0.2) is 64.4 Å². The van der Waals surface area contributed by atoms with Gasteiger partial charge in [0, 0.05) is 0 Å². The van der Waals surface area contributed by atoms with Gasteiger partial charge in [-0.25, -0.2) is 19.5 Å². The number of fused-ring (bicyclic) bond motifs is 1. The van der Waals surface area contributed by atoms with Gasteiger partial charge in [-0.15, -0.1) is 0 Å². The van der Waals surface area contributed by atoms with Crippen LogP contribution in [0, 0.1) is 0 Å². The van der Waals surface area contributed by atoms with Gasteiger partial charge >= 0.3 is 37.4 Å². The van der Waals surface area contributed by atoms with Crippen LogP contribution in [0.1, 0.15) is 6.23 Å². The molecular formula is C10H14N5NaO7P+. The third-order valence-electron chi connectivity index (χ3n) is 3.41. The maximum atomic E-state index is 10.7. The molecule has 0 radical (unpaired) electrons. The summed E-state index contributed by atoms with van der Waals surface area (Å²) >= 11 is 0. The Balaban J connectivity index is 0.00000208. The number of anilines is 1. The van der Waals surface area contributed by atoms with E-state index in [9.17, 15) is 14.8 Å². The van der Waals surface area contributed by atoms with Gasteiger partial charge in [-0.05, 0) is 0 Å². The molecule has 6 N–H and O–H groups in total. The number of hydrogen-bond acceptors (Lipinski definition) is 9. The molecule has 3 rings (SSSR count). The predicted octanol–water partition coefficient (Wildman–Crippen LogP) is -4.86. The minimum atomic E-state index is -4.72. The van der Waals surface area contributed by atoms with E-state index in [1.807, 2.05) is 0 Å². The fraction of sp³-hybridized carbons (Fsp3) is 0.500. The van der Waals surface area contributed by atoms with Crippen LogP contribution in [0.2, 0.25) is 0 Å². The molecule has 4 atom stereocenters. The van der Waals surface area contributed by atoms with Crippen LogP contribution >= 0.6 is 7.82 Å². The summed E-state index contributed by atoms with van der Waals surface area (Å²) in [6, 6.07) is 0. The minimum absolute atomic E-state index is 0. The molecule has 3 heterocycles. The number of aromatic nitrogens is 4. The standard InChI is InChI=1S/C10H14N5O7P.Na/c11-8-5-9(13-2-12-8)15(3-14-5)10-7(17)6(16)4(22-10)1-21-23(18,19)20;/h2-4,6-7,10,16-17H,1H2,(H2,11,12,13)(H2,18,19,20);/q;+1/t4-,6-,7-,10-;/m1./s1. The number of rotatable bonds is 4. The second-order valence-electron chi connectivity index (χ2n) is 4.92. The second-order valence-corrected chi connectivity index (χ2v) is 6.15. The molecule has 2 aromatic heterocycles. The Morgan fingerprint density at radius 2 is 2.00 bits per heavy atom. The van der Waals surface area contributed by atoms with Crippen molar-refractivity contribution in [2.75, 3.05) is 12.3 Å². The molecule has 12 nitrogen and oxygen atoms in total. The van der Waals surface area contributed by atoms with Crippen molar-refractivity contribution in [3.8, 4) is 0 Å². The smallest absolute Gasteiger partial charge is 0.387 e. The van der Waals surface area contributed by atoms with Crippen molar-refractivity contribution in [3.05, 3.63) is 12.7 Å². The maximum Gasteiger partial charge on any atom is 1.00 e. The number of nitrogen functional groups attached to an aromatic ring is 1. The predicted molar refractivity (Wildman–Crippen MR) is 73.7 cm³/mol. The van der Waals surface area contributed by atoms with Gasteiger partial charge < -0.3 is 30.5 Å². The Morgan fingerprint density at radius 1 is 1.29 bits per heavy atom. The van der Waals surface area contributed by atoms with E-state index in [1.165, 1.54) is 17.2 Å². The fourth-order valence-electron chi connectivity index (χ4n) is 2.32. The van der Waals surface area contributed by atoms with Gasteiger partial charge in [-0.2, -0.15) is 0 Å². The summed E-state index contributed by atoms with van der Waals surface area (Å²) in [7, 11) is -4.72. The zero-order valence-corrected chi connectivity index (χ0v) is 15.4. The van der Waals surface area contributed by atoms with Crippen molar-refractivity contribution >= 4 is 24.8 Å². The van der Waals surface area contributed by atoms with E-state index in [-0.39, 0.29) is 41.0 Å². The molecule has 1 aliphatic rings. The Bertz CT molecular complexity index is 769. The number of aliphatic hydroxyl groups excluding tert-OH is 2. The molecule has 0 aliphatic carbocycles. The summed E-state index contributed by atoms with van der Waals surface area (Å²) in [4.78, 5) is 29.2.